The Kier molecular flexibility index (Phi) is 8.05. The Labute approximate surface area is 207 Å². The van der Waals surface area contributed by atoms with Crippen LogP contribution in [0.4, 0.5) is 11.4 Å². The van der Waals surface area contributed by atoms with Crippen molar-refractivity contribution in [2.24, 2.45) is 5.92 Å². The molecule has 0 aromatic heterocycles. The van der Waals surface area contributed by atoms with E-state index in [2.05, 4.69) is 27.1 Å². The fourth-order valence-corrected chi connectivity index (χ4v) is 5.22. The largest absolute Gasteiger partial charge is 0.494 e. The number of sulfonamides is 1. The molecule has 1 aliphatic rings. The fraction of sp³-hybridized carbons (Fsp3) is 0.296. The van der Waals surface area contributed by atoms with Crippen molar-refractivity contribution in [1.82, 2.24) is 4.90 Å². The molecule has 1 saturated heterocycles. The molecule has 0 spiro atoms. The van der Waals surface area contributed by atoms with E-state index < -0.39 is 10.0 Å². The van der Waals surface area contributed by atoms with Gasteiger partial charge in [-0.2, -0.15) is 0 Å². The SMILES string of the molecule is CCOc1ccc(NS(=O)(=O)c2ccc(NC(=O)C3CCN(Cc4ccccc4)CC3)cc2)cc1. The van der Waals surface area contributed by atoms with Crippen LogP contribution in [0.5, 0.6) is 5.75 Å². The number of piperidine rings is 1. The van der Waals surface area contributed by atoms with E-state index in [0.29, 0.717) is 23.7 Å². The molecule has 0 bridgehead atoms. The molecule has 3 aromatic rings. The highest BCUT2D eigenvalue weighted by Gasteiger charge is 2.25. The van der Waals surface area contributed by atoms with Gasteiger partial charge in [0.05, 0.1) is 11.5 Å². The van der Waals surface area contributed by atoms with Gasteiger partial charge in [-0.05, 0) is 86.9 Å². The van der Waals surface area contributed by atoms with Crippen LogP contribution in [0.1, 0.15) is 25.3 Å². The number of nitrogens with one attached hydrogen (secondary N) is 2. The first-order valence-corrected chi connectivity index (χ1v) is 13.3. The number of benzene rings is 3. The maximum atomic E-state index is 12.8. The number of hydrogen-bond donors (Lipinski definition) is 2. The molecule has 0 unspecified atom stereocenters. The predicted molar refractivity (Wildman–Crippen MR) is 138 cm³/mol. The third-order valence-electron chi connectivity index (χ3n) is 6.06. The Morgan fingerprint density at radius 3 is 2.17 bits per heavy atom. The Morgan fingerprint density at radius 2 is 1.54 bits per heavy atom. The molecule has 1 fully saturated rings. The highest BCUT2D eigenvalue weighted by Crippen LogP contribution is 2.23. The van der Waals surface area contributed by atoms with Gasteiger partial charge in [0.15, 0.2) is 0 Å². The molecular formula is C27H31N3O4S. The number of amides is 1. The number of carbonyl (C=O) groups is 1. The molecule has 3 aromatic carbocycles. The average molecular weight is 494 g/mol. The Bertz CT molecular complexity index is 1210. The van der Waals surface area contributed by atoms with Crippen LogP contribution < -0.4 is 14.8 Å². The molecule has 0 atom stereocenters. The molecule has 4 rings (SSSR count). The van der Waals surface area contributed by atoms with Gasteiger partial charge in [0.2, 0.25) is 5.91 Å². The number of hydrogen-bond acceptors (Lipinski definition) is 5. The predicted octanol–water partition coefficient (Wildman–Crippen LogP) is 4.74. The van der Waals surface area contributed by atoms with Gasteiger partial charge >= 0.3 is 0 Å². The summed E-state index contributed by atoms with van der Waals surface area (Å²) < 4.78 is 33.4. The van der Waals surface area contributed by atoms with Crippen LogP contribution >= 0.6 is 0 Å². The molecule has 8 heteroatoms. The Hall–Kier alpha value is -3.36. The van der Waals surface area contributed by atoms with Gasteiger partial charge in [-0.25, -0.2) is 8.42 Å². The van der Waals surface area contributed by atoms with E-state index in [1.165, 1.54) is 17.7 Å². The zero-order valence-corrected chi connectivity index (χ0v) is 20.6. The first-order chi connectivity index (χ1) is 16.9. The third kappa shape index (κ3) is 6.83. The second-order valence-corrected chi connectivity index (χ2v) is 10.3. The van der Waals surface area contributed by atoms with Crippen LogP contribution in [0.2, 0.25) is 0 Å². The fourth-order valence-electron chi connectivity index (χ4n) is 4.16. The van der Waals surface area contributed by atoms with Crippen molar-refractivity contribution in [1.29, 1.82) is 0 Å². The molecule has 2 N–H and O–H groups in total. The lowest BCUT2D eigenvalue weighted by atomic mass is 9.95. The maximum Gasteiger partial charge on any atom is 0.261 e. The van der Waals surface area contributed by atoms with E-state index in [1.807, 2.05) is 25.1 Å². The third-order valence-corrected chi connectivity index (χ3v) is 7.45. The van der Waals surface area contributed by atoms with Crippen LogP contribution in [0, 0.1) is 5.92 Å². The minimum Gasteiger partial charge on any atom is -0.494 e. The summed E-state index contributed by atoms with van der Waals surface area (Å²) in [7, 11) is -3.75. The van der Waals surface area contributed by atoms with Gasteiger partial charge in [0, 0.05) is 23.8 Å². The number of anilines is 2. The minimum atomic E-state index is -3.75. The lowest BCUT2D eigenvalue weighted by molar-refractivity contribution is -0.121. The number of ether oxygens (including phenoxy) is 1. The smallest absolute Gasteiger partial charge is 0.261 e. The summed E-state index contributed by atoms with van der Waals surface area (Å²) in [4.78, 5) is 15.3. The second kappa shape index (κ2) is 11.4. The van der Waals surface area contributed by atoms with Crippen molar-refractivity contribution >= 4 is 27.3 Å². The summed E-state index contributed by atoms with van der Waals surface area (Å²) in [5, 5.41) is 2.94. The average Bonchev–Trinajstić information content (AvgIpc) is 2.87. The van der Waals surface area contributed by atoms with Gasteiger partial charge in [-0.15, -0.1) is 0 Å². The number of likely N-dealkylation sites (tertiary alicyclic amines) is 1. The number of carbonyl (C=O) groups excluding carboxylic acids is 1. The van der Waals surface area contributed by atoms with Gasteiger partial charge in [0.25, 0.3) is 10.0 Å². The van der Waals surface area contributed by atoms with E-state index in [4.69, 9.17) is 4.74 Å². The summed E-state index contributed by atoms with van der Waals surface area (Å²) in [5.74, 6) is 0.608. The highest BCUT2D eigenvalue weighted by molar-refractivity contribution is 7.92. The summed E-state index contributed by atoms with van der Waals surface area (Å²) in [6, 6.07) is 23.3. The highest BCUT2D eigenvalue weighted by atomic mass is 32.2. The molecule has 184 valence electrons. The zero-order valence-electron chi connectivity index (χ0n) is 19.8. The van der Waals surface area contributed by atoms with Gasteiger partial charge in [-0.3, -0.25) is 14.4 Å². The topological polar surface area (TPSA) is 87.7 Å². The number of nitrogens with zero attached hydrogens (tertiary/aromatic N) is 1. The summed E-state index contributed by atoms with van der Waals surface area (Å²) in [6.45, 7) is 5.08. The van der Waals surface area contributed by atoms with Crippen molar-refractivity contribution in [2.75, 3.05) is 29.7 Å². The first kappa shape index (κ1) is 24.8. The zero-order chi connectivity index (χ0) is 24.7. The second-order valence-electron chi connectivity index (χ2n) is 8.61. The van der Waals surface area contributed by atoms with Crippen molar-refractivity contribution in [3.63, 3.8) is 0 Å². The van der Waals surface area contributed by atoms with Gasteiger partial charge < -0.3 is 10.1 Å². The van der Waals surface area contributed by atoms with Crippen LogP contribution in [0.3, 0.4) is 0 Å². The van der Waals surface area contributed by atoms with Crippen LogP contribution in [-0.2, 0) is 21.4 Å². The molecular weight excluding hydrogens is 462 g/mol. The van der Waals surface area contributed by atoms with Gasteiger partial charge in [-0.1, -0.05) is 30.3 Å². The first-order valence-electron chi connectivity index (χ1n) is 11.9. The standard InChI is InChI=1S/C27H31N3O4S/c1-2-34-25-12-8-24(9-13-25)29-35(32,33)26-14-10-23(11-15-26)28-27(31)22-16-18-30(19-17-22)20-21-6-4-3-5-7-21/h3-15,22,29H,2,16-20H2,1H3,(H,28,31). The summed E-state index contributed by atoms with van der Waals surface area (Å²) in [6.07, 6.45) is 1.61. The monoisotopic (exact) mass is 493 g/mol. The van der Waals surface area contributed by atoms with E-state index >= 15 is 0 Å². The van der Waals surface area contributed by atoms with E-state index in [-0.39, 0.29) is 16.7 Å². The molecule has 0 saturated carbocycles. The van der Waals surface area contributed by atoms with Crippen molar-refractivity contribution in [3.05, 3.63) is 84.4 Å². The van der Waals surface area contributed by atoms with E-state index in [9.17, 15) is 13.2 Å². The van der Waals surface area contributed by atoms with E-state index in [0.717, 1.165) is 32.5 Å². The number of rotatable bonds is 9. The molecule has 0 aliphatic carbocycles. The molecule has 0 radical (unpaired) electrons. The normalized spacial score (nSPS) is 14.9. The summed E-state index contributed by atoms with van der Waals surface area (Å²) >= 11 is 0. The Balaban J connectivity index is 1.28. The molecule has 7 nitrogen and oxygen atoms in total. The van der Waals surface area contributed by atoms with Crippen molar-refractivity contribution in [2.45, 2.75) is 31.2 Å². The van der Waals surface area contributed by atoms with Crippen molar-refractivity contribution in [3.8, 4) is 5.75 Å². The molecule has 35 heavy (non-hydrogen) atoms. The van der Waals surface area contributed by atoms with Crippen LogP contribution in [-0.4, -0.2) is 38.9 Å². The van der Waals surface area contributed by atoms with Gasteiger partial charge in [0.1, 0.15) is 5.75 Å². The summed E-state index contributed by atoms with van der Waals surface area (Å²) in [5.41, 5.74) is 2.31. The minimum absolute atomic E-state index is 0.0209. The quantitative estimate of drug-likeness (QED) is 0.450. The Morgan fingerprint density at radius 1 is 0.914 bits per heavy atom. The van der Waals surface area contributed by atoms with Crippen LogP contribution in [0.15, 0.2) is 83.8 Å². The molecule has 1 amide bonds. The lowest BCUT2D eigenvalue weighted by Crippen LogP contribution is -2.37. The van der Waals surface area contributed by atoms with E-state index in [1.54, 1.807) is 36.4 Å². The lowest BCUT2D eigenvalue weighted by Gasteiger charge is -2.31. The van der Waals surface area contributed by atoms with Crippen molar-refractivity contribution < 1.29 is 17.9 Å². The van der Waals surface area contributed by atoms with Crippen LogP contribution in [0.25, 0.3) is 0 Å². The maximum absolute atomic E-state index is 12.8. The molecule has 1 aliphatic heterocycles. The molecule has 1 heterocycles.